The third-order valence-corrected chi connectivity index (χ3v) is 4.95. The van der Waals surface area contributed by atoms with Crippen LogP contribution in [0.15, 0.2) is 48.3 Å². The zero-order valence-corrected chi connectivity index (χ0v) is 15.7. The van der Waals surface area contributed by atoms with Crippen molar-refractivity contribution in [1.82, 2.24) is 10.3 Å². The monoisotopic (exact) mass is 360 g/mol. The average Bonchev–Trinajstić information content (AvgIpc) is 2.69. The minimum absolute atomic E-state index is 0.0184. The third kappa shape index (κ3) is 4.53. The Kier molecular flexibility index (Phi) is 5.87. The maximum atomic E-state index is 12.5. The fourth-order valence-corrected chi connectivity index (χ4v) is 3.31. The molecule has 138 valence electrons. The van der Waals surface area contributed by atoms with E-state index in [-0.39, 0.29) is 11.6 Å². The van der Waals surface area contributed by atoms with Crippen LogP contribution >= 0.6 is 0 Å². The SMILES string of the molecule is Cc1cccnc1N/C=C(/C#N)C(=O)NC(C)c1ccc2c(c1)CCCC2. The van der Waals surface area contributed by atoms with Crippen LogP contribution in [0.25, 0.3) is 0 Å². The molecule has 1 unspecified atom stereocenters. The van der Waals surface area contributed by atoms with Crippen molar-refractivity contribution < 1.29 is 4.79 Å². The van der Waals surface area contributed by atoms with E-state index in [1.807, 2.05) is 32.0 Å². The number of hydrogen-bond donors (Lipinski definition) is 2. The van der Waals surface area contributed by atoms with Crippen molar-refractivity contribution in [3.63, 3.8) is 0 Å². The van der Waals surface area contributed by atoms with Crippen LogP contribution in [0.2, 0.25) is 0 Å². The van der Waals surface area contributed by atoms with E-state index >= 15 is 0 Å². The quantitative estimate of drug-likeness (QED) is 0.625. The molecule has 1 heterocycles. The van der Waals surface area contributed by atoms with Gasteiger partial charge in [-0.05, 0) is 67.9 Å². The Morgan fingerprint density at radius 2 is 2.04 bits per heavy atom. The van der Waals surface area contributed by atoms with Crippen molar-refractivity contribution in [2.24, 2.45) is 0 Å². The predicted octanol–water partition coefficient (Wildman–Crippen LogP) is 3.97. The lowest BCUT2D eigenvalue weighted by Crippen LogP contribution is -2.28. The highest BCUT2D eigenvalue weighted by molar-refractivity contribution is 5.97. The van der Waals surface area contributed by atoms with Crippen LogP contribution in [0.5, 0.6) is 0 Å². The molecule has 5 heteroatoms. The van der Waals surface area contributed by atoms with Gasteiger partial charge in [0.2, 0.25) is 0 Å². The molecule has 0 spiro atoms. The summed E-state index contributed by atoms with van der Waals surface area (Å²) in [5.41, 5.74) is 4.81. The Morgan fingerprint density at radius 1 is 1.26 bits per heavy atom. The second-order valence-electron chi connectivity index (χ2n) is 6.91. The fourth-order valence-electron chi connectivity index (χ4n) is 3.31. The summed E-state index contributed by atoms with van der Waals surface area (Å²) >= 11 is 0. The molecule has 0 aliphatic heterocycles. The van der Waals surface area contributed by atoms with Crippen molar-refractivity contribution in [2.45, 2.75) is 45.6 Å². The van der Waals surface area contributed by atoms with E-state index in [0.717, 1.165) is 24.0 Å². The van der Waals surface area contributed by atoms with Crippen LogP contribution in [0, 0.1) is 18.3 Å². The highest BCUT2D eigenvalue weighted by Crippen LogP contribution is 2.25. The summed E-state index contributed by atoms with van der Waals surface area (Å²) in [4.78, 5) is 16.7. The smallest absolute Gasteiger partial charge is 0.263 e. The molecule has 0 saturated carbocycles. The number of amides is 1. The van der Waals surface area contributed by atoms with E-state index in [1.54, 1.807) is 6.20 Å². The van der Waals surface area contributed by atoms with Crippen LogP contribution < -0.4 is 10.6 Å². The summed E-state index contributed by atoms with van der Waals surface area (Å²) in [5, 5.41) is 15.2. The molecule has 0 radical (unpaired) electrons. The summed E-state index contributed by atoms with van der Waals surface area (Å²) in [7, 11) is 0. The number of pyridine rings is 1. The van der Waals surface area contributed by atoms with Crippen molar-refractivity contribution >= 4 is 11.7 Å². The Balaban J connectivity index is 1.68. The second-order valence-corrected chi connectivity index (χ2v) is 6.91. The molecule has 1 aromatic heterocycles. The molecule has 2 aromatic rings. The number of nitrogens with zero attached hydrogens (tertiary/aromatic N) is 2. The predicted molar refractivity (Wildman–Crippen MR) is 106 cm³/mol. The Bertz CT molecular complexity index is 911. The van der Waals surface area contributed by atoms with Gasteiger partial charge in [0.25, 0.3) is 5.91 Å². The van der Waals surface area contributed by atoms with Crippen LogP contribution in [0.1, 0.15) is 48.1 Å². The maximum absolute atomic E-state index is 12.5. The highest BCUT2D eigenvalue weighted by Gasteiger charge is 2.16. The molecule has 5 nitrogen and oxygen atoms in total. The number of carbonyl (C=O) groups excluding carboxylic acids is 1. The van der Waals surface area contributed by atoms with E-state index in [0.29, 0.717) is 5.82 Å². The first-order valence-corrected chi connectivity index (χ1v) is 9.29. The number of rotatable bonds is 5. The zero-order valence-electron chi connectivity index (χ0n) is 15.7. The minimum atomic E-state index is -0.399. The van der Waals surface area contributed by atoms with Gasteiger partial charge in [0.15, 0.2) is 0 Å². The number of nitrogens with one attached hydrogen (secondary N) is 2. The van der Waals surface area contributed by atoms with Gasteiger partial charge in [0, 0.05) is 12.4 Å². The maximum Gasteiger partial charge on any atom is 0.263 e. The van der Waals surface area contributed by atoms with Crippen molar-refractivity contribution in [2.75, 3.05) is 5.32 Å². The van der Waals surface area contributed by atoms with Gasteiger partial charge in [-0.3, -0.25) is 4.79 Å². The molecule has 27 heavy (non-hydrogen) atoms. The van der Waals surface area contributed by atoms with E-state index < -0.39 is 5.91 Å². The van der Waals surface area contributed by atoms with Crippen LogP contribution in [-0.4, -0.2) is 10.9 Å². The third-order valence-electron chi connectivity index (χ3n) is 4.95. The standard InChI is InChI=1S/C22H24N4O/c1-15-6-5-11-24-21(15)25-14-20(13-23)22(27)26-16(2)18-10-9-17-7-3-4-8-19(17)12-18/h5-6,9-12,14,16H,3-4,7-8H2,1-2H3,(H,24,25)(H,26,27)/b20-14-. The summed E-state index contributed by atoms with van der Waals surface area (Å²) < 4.78 is 0. The summed E-state index contributed by atoms with van der Waals surface area (Å²) in [6.07, 6.45) is 7.77. The molecule has 2 N–H and O–H groups in total. The fraction of sp³-hybridized carbons (Fsp3) is 0.318. The molecule has 0 bridgehead atoms. The van der Waals surface area contributed by atoms with Gasteiger partial charge in [-0.15, -0.1) is 0 Å². The summed E-state index contributed by atoms with van der Waals surface area (Å²) in [6.45, 7) is 3.85. The van der Waals surface area contributed by atoms with E-state index in [2.05, 4.69) is 33.8 Å². The lowest BCUT2D eigenvalue weighted by atomic mass is 9.89. The van der Waals surface area contributed by atoms with Gasteiger partial charge in [0.1, 0.15) is 17.5 Å². The Labute approximate surface area is 160 Å². The van der Waals surface area contributed by atoms with Crippen LogP contribution in [-0.2, 0) is 17.6 Å². The second kappa shape index (κ2) is 8.50. The first-order chi connectivity index (χ1) is 13.1. The van der Waals surface area contributed by atoms with Gasteiger partial charge >= 0.3 is 0 Å². The molecule has 0 saturated heterocycles. The van der Waals surface area contributed by atoms with Gasteiger partial charge in [-0.25, -0.2) is 4.98 Å². The number of nitriles is 1. The molecular formula is C22H24N4O. The highest BCUT2D eigenvalue weighted by atomic mass is 16.1. The van der Waals surface area contributed by atoms with Crippen molar-refractivity contribution in [1.29, 1.82) is 5.26 Å². The van der Waals surface area contributed by atoms with E-state index in [9.17, 15) is 10.1 Å². The molecule has 1 aromatic carbocycles. The van der Waals surface area contributed by atoms with Crippen LogP contribution in [0.3, 0.4) is 0 Å². The zero-order chi connectivity index (χ0) is 19.2. The largest absolute Gasteiger partial charge is 0.345 e. The molecule has 0 fully saturated rings. The van der Waals surface area contributed by atoms with E-state index in [1.165, 1.54) is 30.2 Å². The number of benzene rings is 1. The van der Waals surface area contributed by atoms with Gasteiger partial charge in [-0.2, -0.15) is 5.26 Å². The molecule has 1 atom stereocenters. The van der Waals surface area contributed by atoms with Gasteiger partial charge < -0.3 is 10.6 Å². The average molecular weight is 360 g/mol. The number of fused-ring (bicyclic) bond motifs is 1. The number of anilines is 1. The van der Waals surface area contributed by atoms with Crippen molar-refractivity contribution in [3.8, 4) is 6.07 Å². The van der Waals surface area contributed by atoms with Crippen molar-refractivity contribution in [3.05, 3.63) is 70.6 Å². The number of carbonyl (C=O) groups is 1. The Hall–Kier alpha value is -3.13. The lowest BCUT2D eigenvalue weighted by Gasteiger charge is -2.20. The number of hydrogen-bond acceptors (Lipinski definition) is 4. The van der Waals surface area contributed by atoms with Gasteiger partial charge in [0.05, 0.1) is 6.04 Å². The van der Waals surface area contributed by atoms with E-state index in [4.69, 9.17) is 0 Å². The molecule has 1 amide bonds. The topological polar surface area (TPSA) is 77.8 Å². The Morgan fingerprint density at radius 3 is 2.78 bits per heavy atom. The molecular weight excluding hydrogens is 336 g/mol. The lowest BCUT2D eigenvalue weighted by molar-refractivity contribution is -0.117. The van der Waals surface area contributed by atoms with Gasteiger partial charge in [-0.1, -0.05) is 24.3 Å². The normalized spacial score (nSPS) is 14.6. The first kappa shape index (κ1) is 18.7. The van der Waals surface area contributed by atoms with Crippen LogP contribution in [0.4, 0.5) is 5.82 Å². The molecule has 1 aliphatic rings. The summed E-state index contributed by atoms with van der Waals surface area (Å²) in [5.74, 6) is 0.226. The molecule has 3 rings (SSSR count). The number of aromatic nitrogens is 1. The first-order valence-electron chi connectivity index (χ1n) is 9.29. The number of aryl methyl sites for hydroxylation is 3. The summed E-state index contributed by atoms with van der Waals surface area (Å²) in [6, 6.07) is 12.0. The minimum Gasteiger partial charge on any atom is -0.345 e. The molecule has 1 aliphatic carbocycles.